The van der Waals surface area contributed by atoms with Crippen LogP contribution in [-0.4, -0.2) is 36.4 Å². The van der Waals surface area contributed by atoms with Gasteiger partial charge in [0.1, 0.15) is 0 Å². The molecular formula is C14H25N3O2. The standard InChI is InChI=1S/C14H25N3O2/c1-10(18-3)9-13-16-14(19-17-13)11-7-5-4-6-8-12(11)15-2/h10-12,15H,4-9H2,1-3H3. The molecule has 1 fully saturated rings. The number of nitrogens with one attached hydrogen (secondary N) is 1. The van der Waals surface area contributed by atoms with Gasteiger partial charge < -0.3 is 14.6 Å². The molecule has 1 aromatic rings. The highest BCUT2D eigenvalue weighted by molar-refractivity contribution is 5.01. The van der Waals surface area contributed by atoms with Gasteiger partial charge in [-0.25, -0.2) is 0 Å². The second-order valence-corrected chi connectivity index (χ2v) is 5.44. The summed E-state index contributed by atoms with van der Waals surface area (Å²) >= 11 is 0. The van der Waals surface area contributed by atoms with Crippen LogP contribution >= 0.6 is 0 Å². The Hall–Kier alpha value is -0.940. The van der Waals surface area contributed by atoms with Crippen molar-refractivity contribution in [1.82, 2.24) is 15.5 Å². The normalized spacial score (nSPS) is 26.1. The topological polar surface area (TPSA) is 60.2 Å². The van der Waals surface area contributed by atoms with E-state index in [0.717, 1.165) is 18.1 Å². The van der Waals surface area contributed by atoms with Crippen LogP contribution in [0.2, 0.25) is 0 Å². The van der Waals surface area contributed by atoms with E-state index in [2.05, 4.69) is 15.5 Å². The van der Waals surface area contributed by atoms with Gasteiger partial charge in [0.2, 0.25) is 5.89 Å². The van der Waals surface area contributed by atoms with Crippen LogP contribution < -0.4 is 5.32 Å². The summed E-state index contributed by atoms with van der Waals surface area (Å²) in [4.78, 5) is 4.56. The number of aromatic nitrogens is 2. The van der Waals surface area contributed by atoms with E-state index >= 15 is 0 Å². The van der Waals surface area contributed by atoms with E-state index in [1.807, 2.05) is 14.0 Å². The van der Waals surface area contributed by atoms with Crippen LogP contribution in [-0.2, 0) is 11.2 Å². The van der Waals surface area contributed by atoms with Gasteiger partial charge >= 0.3 is 0 Å². The Morgan fingerprint density at radius 3 is 2.89 bits per heavy atom. The second-order valence-electron chi connectivity index (χ2n) is 5.44. The van der Waals surface area contributed by atoms with E-state index < -0.39 is 0 Å². The first-order chi connectivity index (χ1) is 9.24. The molecule has 1 heterocycles. The van der Waals surface area contributed by atoms with Crippen molar-refractivity contribution in [2.45, 2.75) is 63.5 Å². The maximum Gasteiger partial charge on any atom is 0.231 e. The van der Waals surface area contributed by atoms with Gasteiger partial charge in [0.25, 0.3) is 0 Å². The van der Waals surface area contributed by atoms with E-state index in [9.17, 15) is 0 Å². The van der Waals surface area contributed by atoms with Crippen LogP contribution in [0.5, 0.6) is 0 Å². The van der Waals surface area contributed by atoms with E-state index in [1.54, 1.807) is 7.11 Å². The quantitative estimate of drug-likeness (QED) is 0.829. The molecule has 0 spiro atoms. The molecule has 0 saturated heterocycles. The highest BCUT2D eigenvalue weighted by Crippen LogP contribution is 2.31. The molecule has 1 aromatic heterocycles. The maximum absolute atomic E-state index is 5.48. The third kappa shape index (κ3) is 3.76. The van der Waals surface area contributed by atoms with Crippen LogP contribution in [0.3, 0.4) is 0 Å². The summed E-state index contributed by atoms with van der Waals surface area (Å²) in [6, 6.07) is 0.454. The number of likely N-dealkylation sites (N-methyl/N-ethyl adjacent to an activating group) is 1. The Morgan fingerprint density at radius 2 is 2.16 bits per heavy atom. The monoisotopic (exact) mass is 267 g/mol. The number of nitrogens with zero attached hydrogens (tertiary/aromatic N) is 2. The zero-order valence-corrected chi connectivity index (χ0v) is 12.2. The number of rotatable bonds is 5. The molecule has 0 radical (unpaired) electrons. The molecule has 0 bridgehead atoms. The molecule has 1 saturated carbocycles. The van der Waals surface area contributed by atoms with Crippen molar-refractivity contribution in [2.24, 2.45) is 0 Å². The molecule has 5 nitrogen and oxygen atoms in total. The number of methoxy groups -OCH3 is 1. The van der Waals surface area contributed by atoms with Crippen molar-refractivity contribution in [3.8, 4) is 0 Å². The first kappa shape index (κ1) is 14.5. The van der Waals surface area contributed by atoms with Gasteiger partial charge in [-0.05, 0) is 26.8 Å². The fourth-order valence-electron chi connectivity index (χ4n) is 2.79. The molecule has 0 amide bonds. The summed E-state index contributed by atoms with van der Waals surface area (Å²) in [5.41, 5.74) is 0. The zero-order chi connectivity index (χ0) is 13.7. The minimum Gasteiger partial charge on any atom is -0.381 e. The van der Waals surface area contributed by atoms with Crippen molar-refractivity contribution in [2.75, 3.05) is 14.2 Å². The third-order valence-electron chi connectivity index (χ3n) is 4.06. The molecule has 3 atom stereocenters. The van der Waals surface area contributed by atoms with Crippen LogP contribution in [0.1, 0.15) is 56.7 Å². The minimum atomic E-state index is 0.125. The number of hydrogen-bond donors (Lipinski definition) is 1. The summed E-state index contributed by atoms with van der Waals surface area (Å²) in [5.74, 6) is 1.90. The predicted molar refractivity (Wildman–Crippen MR) is 73.1 cm³/mol. The highest BCUT2D eigenvalue weighted by atomic mass is 16.5. The lowest BCUT2D eigenvalue weighted by Crippen LogP contribution is -2.31. The van der Waals surface area contributed by atoms with Crippen molar-refractivity contribution in [3.63, 3.8) is 0 Å². The lowest BCUT2D eigenvalue weighted by Gasteiger charge is -2.20. The predicted octanol–water partition coefficient (Wildman–Crippen LogP) is 2.28. The summed E-state index contributed by atoms with van der Waals surface area (Å²) in [6.45, 7) is 2.01. The van der Waals surface area contributed by atoms with Gasteiger partial charge in [-0.15, -0.1) is 0 Å². The van der Waals surface area contributed by atoms with Crippen LogP contribution in [0.25, 0.3) is 0 Å². The van der Waals surface area contributed by atoms with Crippen LogP contribution in [0, 0.1) is 0 Å². The van der Waals surface area contributed by atoms with Crippen molar-refractivity contribution in [1.29, 1.82) is 0 Å². The van der Waals surface area contributed by atoms with Crippen molar-refractivity contribution < 1.29 is 9.26 Å². The van der Waals surface area contributed by atoms with Gasteiger partial charge in [-0.3, -0.25) is 0 Å². The first-order valence-corrected chi connectivity index (χ1v) is 7.27. The van der Waals surface area contributed by atoms with Gasteiger partial charge in [-0.1, -0.05) is 24.4 Å². The average Bonchev–Trinajstić information content (AvgIpc) is 2.74. The van der Waals surface area contributed by atoms with E-state index in [-0.39, 0.29) is 6.10 Å². The number of ether oxygens (including phenoxy) is 1. The zero-order valence-electron chi connectivity index (χ0n) is 12.2. The number of hydrogen-bond acceptors (Lipinski definition) is 5. The second kappa shape index (κ2) is 7.01. The fourth-order valence-corrected chi connectivity index (χ4v) is 2.79. The summed E-state index contributed by atoms with van der Waals surface area (Å²) in [6.07, 6.45) is 6.98. The van der Waals surface area contributed by atoms with Gasteiger partial charge in [0.05, 0.1) is 12.0 Å². The molecule has 5 heteroatoms. The Bertz CT molecular complexity index is 381. The van der Waals surface area contributed by atoms with Crippen LogP contribution in [0.4, 0.5) is 0 Å². The molecule has 1 N–H and O–H groups in total. The molecule has 0 aromatic carbocycles. The molecule has 108 valence electrons. The summed E-state index contributed by atoms with van der Waals surface area (Å²) in [5, 5.41) is 7.49. The van der Waals surface area contributed by atoms with Crippen molar-refractivity contribution >= 4 is 0 Å². The molecular weight excluding hydrogens is 242 g/mol. The lowest BCUT2D eigenvalue weighted by atomic mass is 9.95. The molecule has 19 heavy (non-hydrogen) atoms. The van der Waals surface area contributed by atoms with Gasteiger partial charge in [-0.2, -0.15) is 4.98 Å². The molecule has 1 aliphatic carbocycles. The van der Waals surface area contributed by atoms with Gasteiger partial charge in [0, 0.05) is 19.6 Å². The highest BCUT2D eigenvalue weighted by Gasteiger charge is 2.28. The van der Waals surface area contributed by atoms with Crippen LogP contribution in [0.15, 0.2) is 4.52 Å². The first-order valence-electron chi connectivity index (χ1n) is 7.27. The minimum absolute atomic E-state index is 0.125. The van der Waals surface area contributed by atoms with Gasteiger partial charge in [0.15, 0.2) is 5.82 Å². The lowest BCUT2D eigenvalue weighted by molar-refractivity contribution is 0.116. The van der Waals surface area contributed by atoms with E-state index in [0.29, 0.717) is 18.4 Å². The largest absolute Gasteiger partial charge is 0.381 e. The molecule has 2 rings (SSSR count). The fraction of sp³-hybridized carbons (Fsp3) is 0.857. The SMILES string of the molecule is CNC1CCCCCC1c1nc(CC(C)OC)no1. The Kier molecular flexibility index (Phi) is 5.34. The average molecular weight is 267 g/mol. The molecule has 0 aliphatic heterocycles. The Labute approximate surface area is 115 Å². The Morgan fingerprint density at radius 1 is 1.37 bits per heavy atom. The van der Waals surface area contributed by atoms with E-state index in [4.69, 9.17) is 9.26 Å². The summed E-state index contributed by atoms with van der Waals surface area (Å²) < 4.78 is 10.7. The Balaban J connectivity index is 2.06. The van der Waals surface area contributed by atoms with Crippen molar-refractivity contribution in [3.05, 3.63) is 11.7 Å². The summed E-state index contributed by atoms with van der Waals surface area (Å²) in [7, 11) is 3.72. The molecule has 1 aliphatic rings. The third-order valence-corrected chi connectivity index (χ3v) is 4.06. The smallest absolute Gasteiger partial charge is 0.231 e. The molecule has 3 unspecified atom stereocenters. The van der Waals surface area contributed by atoms with E-state index in [1.165, 1.54) is 25.7 Å². The maximum atomic E-state index is 5.48.